The fraction of sp³-hybridized carbons (Fsp3) is 0.0952. The van der Waals surface area contributed by atoms with Crippen LogP contribution in [-0.4, -0.2) is 19.6 Å². The van der Waals surface area contributed by atoms with E-state index in [1.807, 2.05) is 0 Å². The van der Waals surface area contributed by atoms with Crippen molar-refractivity contribution in [2.75, 3.05) is 12.4 Å². The molecule has 0 saturated heterocycles. The Hall–Kier alpha value is -3.55. The van der Waals surface area contributed by atoms with Crippen LogP contribution in [0.15, 0.2) is 60.7 Å². The van der Waals surface area contributed by atoms with Crippen molar-refractivity contribution in [3.8, 4) is 22.6 Å². The maximum Gasteiger partial charge on any atom is 0.387 e. The summed E-state index contributed by atoms with van der Waals surface area (Å²) in [6, 6.07) is 13.4. The number of carbonyl (C=O) groups excluding carboxylic acids is 1. The number of methoxy groups -OCH3 is 1. The van der Waals surface area contributed by atoms with Gasteiger partial charge < -0.3 is 14.8 Å². The first-order valence-corrected chi connectivity index (χ1v) is 8.37. The van der Waals surface area contributed by atoms with Crippen molar-refractivity contribution in [1.82, 2.24) is 0 Å². The molecule has 0 radical (unpaired) electrons. The number of hydrogen-bond acceptors (Lipinski definition) is 3. The van der Waals surface area contributed by atoms with Gasteiger partial charge in [0.25, 0.3) is 5.91 Å². The van der Waals surface area contributed by atoms with E-state index in [0.29, 0.717) is 16.9 Å². The molecule has 0 aromatic heterocycles. The Morgan fingerprint density at radius 3 is 2.28 bits per heavy atom. The van der Waals surface area contributed by atoms with Gasteiger partial charge in [0.05, 0.1) is 7.11 Å². The van der Waals surface area contributed by atoms with Crippen molar-refractivity contribution in [2.45, 2.75) is 6.61 Å². The minimum atomic E-state index is -3.03. The molecule has 0 saturated carbocycles. The molecule has 3 aromatic carbocycles. The third-order valence-electron chi connectivity index (χ3n) is 4.04. The number of halogens is 4. The van der Waals surface area contributed by atoms with Crippen molar-refractivity contribution in [2.24, 2.45) is 0 Å². The summed E-state index contributed by atoms with van der Waals surface area (Å²) < 4.78 is 61.5. The number of alkyl halides is 2. The number of benzene rings is 3. The van der Waals surface area contributed by atoms with Crippen molar-refractivity contribution < 1.29 is 31.8 Å². The van der Waals surface area contributed by atoms with Crippen LogP contribution in [0, 0.1) is 11.6 Å². The van der Waals surface area contributed by atoms with Gasteiger partial charge in [-0.1, -0.05) is 12.1 Å². The first-order valence-electron chi connectivity index (χ1n) is 8.37. The molecule has 0 fully saturated rings. The van der Waals surface area contributed by atoms with Gasteiger partial charge in [0.1, 0.15) is 11.5 Å². The fourth-order valence-electron chi connectivity index (χ4n) is 2.64. The molecular formula is C21H15F4NO3. The van der Waals surface area contributed by atoms with Gasteiger partial charge in [-0.05, 0) is 54.1 Å². The topological polar surface area (TPSA) is 47.6 Å². The van der Waals surface area contributed by atoms with E-state index >= 15 is 0 Å². The summed E-state index contributed by atoms with van der Waals surface area (Å²) in [5.74, 6) is -2.43. The molecule has 1 amide bonds. The molecule has 0 aliphatic heterocycles. The van der Waals surface area contributed by atoms with Gasteiger partial charge in [-0.3, -0.25) is 4.79 Å². The number of carbonyl (C=O) groups is 1. The lowest BCUT2D eigenvalue weighted by atomic mass is 10.0. The maximum absolute atomic E-state index is 13.3. The Bertz CT molecular complexity index is 1020. The van der Waals surface area contributed by atoms with Crippen LogP contribution in [-0.2, 0) is 0 Å². The molecule has 0 unspecified atom stereocenters. The van der Waals surface area contributed by atoms with Crippen LogP contribution in [0.25, 0.3) is 11.1 Å². The Kier molecular flexibility index (Phi) is 6.01. The molecule has 8 heteroatoms. The number of nitrogens with one attached hydrogen (secondary N) is 1. The highest BCUT2D eigenvalue weighted by atomic mass is 19.3. The first kappa shape index (κ1) is 20.2. The van der Waals surface area contributed by atoms with Crippen LogP contribution in [0.1, 0.15) is 10.4 Å². The summed E-state index contributed by atoms with van der Waals surface area (Å²) >= 11 is 0. The highest BCUT2D eigenvalue weighted by molar-refractivity contribution is 6.04. The monoisotopic (exact) mass is 405 g/mol. The van der Waals surface area contributed by atoms with Crippen molar-refractivity contribution in [3.05, 3.63) is 77.9 Å². The Morgan fingerprint density at radius 1 is 0.931 bits per heavy atom. The summed E-state index contributed by atoms with van der Waals surface area (Å²) in [6.07, 6.45) is 0. The van der Waals surface area contributed by atoms with E-state index in [4.69, 9.17) is 4.74 Å². The summed E-state index contributed by atoms with van der Waals surface area (Å²) in [6.45, 7) is -3.03. The number of anilines is 1. The summed E-state index contributed by atoms with van der Waals surface area (Å²) in [4.78, 5) is 12.3. The van der Waals surface area contributed by atoms with Crippen molar-refractivity contribution in [3.63, 3.8) is 0 Å². The summed E-state index contributed by atoms with van der Waals surface area (Å²) in [5, 5.41) is 2.52. The van der Waals surface area contributed by atoms with Gasteiger partial charge in [0.2, 0.25) is 0 Å². The van der Waals surface area contributed by atoms with E-state index in [2.05, 4.69) is 10.1 Å². The van der Waals surface area contributed by atoms with E-state index in [0.717, 1.165) is 18.2 Å². The predicted octanol–water partition coefficient (Wildman–Crippen LogP) is 5.49. The van der Waals surface area contributed by atoms with E-state index in [1.165, 1.54) is 25.3 Å². The van der Waals surface area contributed by atoms with Gasteiger partial charge in [-0.15, -0.1) is 0 Å². The van der Waals surface area contributed by atoms with Gasteiger partial charge in [0.15, 0.2) is 11.6 Å². The SMILES string of the molecule is COc1ccc(-c2cc(NC(=O)c3ccc(F)c(F)c3)ccc2OC(F)F)cc1. The largest absolute Gasteiger partial charge is 0.497 e. The normalized spacial score (nSPS) is 10.7. The van der Waals surface area contributed by atoms with E-state index in [1.54, 1.807) is 24.3 Å². The summed E-state index contributed by atoms with van der Waals surface area (Å²) in [7, 11) is 1.49. The Labute approximate surface area is 163 Å². The minimum absolute atomic E-state index is 0.0870. The number of hydrogen-bond donors (Lipinski definition) is 1. The maximum atomic E-state index is 13.3. The average Bonchev–Trinajstić information content (AvgIpc) is 2.71. The molecule has 29 heavy (non-hydrogen) atoms. The standard InChI is InChI=1S/C21H15F4NO3/c1-28-15-6-2-12(3-7-15)16-11-14(5-9-19(16)29-21(24)25)26-20(27)13-4-8-17(22)18(23)10-13/h2-11,21H,1H3,(H,26,27). The molecule has 0 bridgehead atoms. The zero-order valence-electron chi connectivity index (χ0n) is 15.1. The predicted molar refractivity (Wildman–Crippen MR) is 99.4 cm³/mol. The number of ether oxygens (including phenoxy) is 2. The quantitative estimate of drug-likeness (QED) is 0.552. The van der Waals surface area contributed by atoms with Gasteiger partial charge in [-0.25, -0.2) is 8.78 Å². The molecular weight excluding hydrogens is 390 g/mol. The van der Waals surface area contributed by atoms with Gasteiger partial charge in [-0.2, -0.15) is 8.78 Å². The lowest BCUT2D eigenvalue weighted by Crippen LogP contribution is -2.12. The van der Waals surface area contributed by atoms with E-state index in [9.17, 15) is 22.4 Å². The second-order valence-corrected chi connectivity index (χ2v) is 5.90. The van der Waals surface area contributed by atoms with E-state index < -0.39 is 24.2 Å². The third kappa shape index (κ3) is 4.84. The molecule has 4 nitrogen and oxygen atoms in total. The molecule has 1 N–H and O–H groups in total. The number of amides is 1. The Morgan fingerprint density at radius 2 is 1.66 bits per heavy atom. The molecule has 3 aromatic rings. The van der Waals surface area contributed by atoms with Crippen LogP contribution in [0.2, 0.25) is 0 Å². The van der Waals surface area contributed by atoms with Crippen LogP contribution in [0.5, 0.6) is 11.5 Å². The molecule has 0 aliphatic carbocycles. The smallest absolute Gasteiger partial charge is 0.387 e. The number of rotatable bonds is 6. The zero-order valence-corrected chi connectivity index (χ0v) is 15.1. The molecule has 150 valence electrons. The van der Waals surface area contributed by atoms with Crippen LogP contribution in [0.3, 0.4) is 0 Å². The van der Waals surface area contributed by atoms with Crippen molar-refractivity contribution >= 4 is 11.6 Å². The highest BCUT2D eigenvalue weighted by Crippen LogP contribution is 2.34. The van der Waals surface area contributed by atoms with Crippen molar-refractivity contribution in [1.29, 1.82) is 0 Å². The average molecular weight is 405 g/mol. The Balaban J connectivity index is 1.93. The lowest BCUT2D eigenvalue weighted by molar-refractivity contribution is -0.0494. The highest BCUT2D eigenvalue weighted by Gasteiger charge is 2.15. The molecule has 0 heterocycles. The third-order valence-corrected chi connectivity index (χ3v) is 4.04. The second kappa shape index (κ2) is 8.64. The van der Waals surface area contributed by atoms with Gasteiger partial charge >= 0.3 is 6.61 Å². The zero-order chi connectivity index (χ0) is 21.0. The first-order chi connectivity index (χ1) is 13.9. The molecule has 0 spiro atoms. The molecule has 0 atom stereocenters. The lowest BCUT2D eigenvalue weighted by Gasteiger charge is -2.14. The molecule has 0 aliphatic rings. The van der Waals surface area contributed by atoms with Gasteiger partial charge in [0, 0.05) is 16.8 Å². The van der Waals surface area contributed by atoms with E-state index in [-0.39, 0.29) is 17.0 Å². The molecule has 3 rings (SSSR count). The van der Waals surface area contributed by atoms with Crippen LogP contribution < -0.4 is 14.8 Å². The fourth-order valence-corrected chi connectivity index (χ4v) is 2.64. The minimum Gasteiger partial charge on any atom is -0.497 e. The van der Waals surface area contributed by atoms with Crippen LogP contribution in [0.4, 0.5) is 23.2 Å². The second-order valence-electron chi connectivity index (χ2n) is 5.90. The van der Waals surface area contributed by atoms with Crippen LogP contribution >= 0.6 is 0 Å². The summed E-state index contributed by atoms with van der Waals surface area (Å²) in [5.41, 5.74) is 1.01.